The summed E-state index contributed by atoms with van der Waals surface area (Å²) in [6.45, 7) is 6.98. The Kier molecular flexibility index (Phi) is 9.49. The number of nitrogens with one attached hydrogen (secondary N) is 2. The molecular weight excluding hydrogens is 617 g/mol. The summed E-state index contributed by atoms with van der Waals surface area (Å²) in [5, 5.41) is 13.1. The molecular formula is C33H35Cl2N5O3S. The van der Waals surface area contributed by atoms with E-state index in [0.717, 1.165) is 66.2 Å². The van der Waals surface area contributed by atoms with Gasteiger partial charge in [-0.3, -0.25) is 19.6 Å². The Morgan fingerprint density at radius 1 is 1.07 bits per heavy atom. The molecule has 2 saturated heterocycles. The van der Waals surface area contributed by atoms with E-state index in [2.05, 4.69) is 15.3 Å². The zero-order valence-electron chi connectivity index (χ0n) is 24.5. The number of fused-ring (bicyclic) bond motifs is 1. The van der Waals surface area contributed by atoms with Crippen molar-refractivity contribution in [3.8, 4) is 0 Å². The minimum Gasteiger partial charge on any atom is -0.379 e. The van der Waals surface area contributed by atoms with Gasteiger partial charge in [0.25, 0.3) is 0 Å². The van der Waals surface area contributed by atoms with Crippen LogP contribution in [0.4, 0.5) is 0 Å². The minimum atomic E-state index is -1.18. The SMILES string of the molecule is Cc1ccc(S[C@@]2(C(=O)NCCCN3CCOCC3)CC(=O)N(Cc3ccc(Cl)cc3)[C@H]2c2n[nH]c3cc(Cl)ccc23)cc1. The van der Waals surface area contributed by atoms with Crippen LogP contribution in [0.1, 0.15) is 35.7 Å². The first-order valence-corrected chi connectivity index (χ1v) is 16.4. The Balaban J connectivity index is 1.39. The maximum absolute atomic E-state index is 14.6. The predicted octanol–water partition coefficient (Wildman–Crippen LogP) is 6.02. The van der Waals surface area contributed by atoms with Crippen LogP contribution in [0.25, 0.3) is 10.9 Å². The number of benzene rings is 3. The first kappa shape index (κ1) is 30.9. The number of rotatable bonds is 10. The largest absolute Gasteiger partial charge is 0.379 e. The lowest BCUT2D eigenvalue weighted by Gasteiger charge is -2.35. The average molecular weight is 653 g/mol. The van der Waals surface area contributed by atoms with Crippen LogP contribution in [0.3, 0.4) is 0 Å². The van der Waals surface area contributed by atoms with Crippen molar-refractivity contribution in [2.24, 2.45) is 0 Å². The number of hydrogen-bond acceptors (Lipinski definition) is 6. The Hall–Kier alpha value is -3.08. The topological polar surface area (TPSA) is 90.6 Å². The predicted molar refractivity (Wildman–Crippen MR) is 175 cm³/mol. The molecule has 2 aliphatic rings. The van der Waals surface area contributed by atoms with Gasteiger partial charge in [0.05, 0.1) is 30.8 Å². The third kappa shape index (κ3) is 6.62. The Labute approximate surface area is 271 Å². The summed E-state index contributed by atoms with van der Waals surface area (Å²) < 4.78 is 4.29. The van der Waals surface area contributed by atoms with Crippen LogP contribution in [0, 0.1) is 6.92 Å². The van der Waals surface area contributed by atoms with E-state index in [1.165, 1.54) is 11.8 Å². The van der Waals surface area contributed by atoms with Crippen molar-refractivity contribution >= 4 is 57.7 Å². The second-order valence-corrected chi connectivity index (χ2v) is 13.7. The number of aromatic nitrogens is 2. The molecule has 0 bridgehead atoms. The number of amides is 2. The number of hydrogen-bond donors (Lipinski definition) is 2. The zero-order valence-corrected chi connectivity index (χ0v) is 26.9. The van der Waals surface area contributed by atoms with Crippen molar-refractivity contribution < 1.29 is 14.3 Å². The molecule has 6 rings (SSSR count). The molecule has 8 nitrogen and oxygen atoms in total. The van der Waals surface area contributed by atoms with Crippen LogP contribution < -0.4 is 5.32 Å². The molecule has 2 N–H and O–H groups in total. The molecule has 2 atom stereocenters. The summed E-state index contributed by atoms with van der Waals surface area (Å²) >= 11 is 13.9. The lowest BCUT2D eigenvalue weighted by Crippen LogP contribution is -2.49. The second kappa shape index (κ2) is 13.5. The normalized spacial score (nSPS) is 20.8. The number of aryl methyl sites for hydroxylation is 1. The quantitative estimate of drug-likeness (QED) is 0.204. The molecule has 2 aliphatic heterocycles. The highest BCUT2D eigenvalue weighted by molar-refractivity contribution is 8.01. The fourth-order valence-electron chi connectivity index (χ4n) is 6.01. The number of nitrogens with zero attached hydrogens (tertiary/aromatic N) is 3. The van der Waals surface area contributed by atoms with Gasteiger partial charge in [0.1, 0.15) is 10.8 Å². The highest BCUT2D eigenvalue weighted by Crippen LogP contribution is 2.54. The van der Waals surface area contributed by atoms with Crippen LogP contribution >= 0.6 is 35.0 Å². The molecule has 3 aromatic carbocycles. The van der Waals surface area contributed by atoms with Crippen LogP contribution in [0.15, 0.2) is 71.6 Å². The number of ether oxygens (including phenoxy) is 1. The Bertz CT molecular complexity index is 1620. The van der Waals surface area contributed by atoms with Gasteiger partial charge in [0, 0.05) is 46.5 Å². The van der Waals surface area contributed by atoms with Gasteiger partial charge < -0.3 is 15.0 Å². The standard InChI is InChI=1S/C33H35Cl2N5O3S/c1-22-3-10-26(11-4-22)44-33(32(42)36-13-2-14-39-15-17-43-18-16-39)20-29(41)40(21-23-5-7-24(34)8-6-23)31(33)30-27-12-9-25(35)19-28(27)37-38-30/h3-12,19,31H,2,13-18,20-21H2,1H3,(H,36,42)(H,37,38)/t31-,33-/m0/s1. The van der Waals surface area contributed by atoms with Gasteiger partial charge >= 0.3 is 0 Å². The van der Waals surface area contributed by atoms with Gasteiger partial charge in [-0.2, -0.15) is 5.10 Å². The van der Waals surface area contributed by atoms with E-state index in [9.17, 15) is 9.59 Å². The third-order valence-corrected chi connectivity index (χ3v) is 10.2. The first-order valence-electron chi connectivity index (χ1n) is 14.8. The zero-order chi connectivity index (χ0) is 30.7. The number of carbonyl (C=O) groups is 2. The van der Waals surface area contributed by atoms with Crippen LogP contribution in [0.5, 0.6) is 0 Å². The van der Waals surface area contributed by atoms with Gasteiger partial charge in [-0.25, -0.2) is 0 Å². The van der Waals surface area contributed by atoms with E-state index in [4.69, 9.17) is 33.0 Å². The van der Waals surface area contributed by atoms with E-state index in [1.54, 1.807) is 4.90 Å². The minimum absolute atomic E-state index is 0.0288. The number of H-pyrrole nitrogens is 1. The molecule has 0 spiro atoms. The second-order valence-electron chi connectivity index (χ2n) is 11.4. The molecule has 0 saturated carbocycles. The molecule has 0 aliphatic carbocycles. The summed E-state index contributed by atoms with van der Waals surface area (Å²) in [5.74, 6) is -0.287. The monoisotopic (exact) mass is 651 g/mol. The van der Waals surface area contributed by atoms with Crippen LogP contribution in [-0.2, 0) is 20.9 Å². The van der Waals surface area contributed by atoms with E-state index >= 15 is 0 Å². The third-order valence-electron chi connectivity index (χ3n) is 8.31. The summed E-state index contributed by atoms with van der Waals surface area (Å²) in [4.78, 5) is 33.7. The number of morpholine rings is 1. The highest BCUT2D eigenvalue weighted by atomic mass is 35.5. The highest BCUT2D eigenvalue weighted by Gasteiger charge is 2.59. The van der Waals surface area contributed by atoms with E-state index in [0.29, 0.717) is 28.8 Å². The summed E-state index contributed by atoms with van der Waals surface area (Å²) in [5.41, 5.74) is 3.42. The number of carbonyl (C=O) groups excluding carboxylic acids is 2. The van der Waals surface area contributed by atoms with Crippen molar-refractivity contribution in [2.45, 2.75) is 42.0 Å². The average Bonchev–Trinajstić information content (AvgIpc) is 3.55. The number of halogens is 2. The Morgan fingerprint density at radius 3 is 2.55 bits per heavy atom. The molecule has 2 amide bonds. The smallest absolute Gasteiger partial charge is 0.239 e. The molecule has 44 heavy (non-hydrogen) atoms. The van der Waals surface area contributed by atoms with Crippen LogP contribution in [-0.4, -0.2) is 76.0 Å². The summed E-state index contributed by atoms with van der Waals surface area (Å²) in [6.07, 6.45) is 0.828. The van der Waals surface area contributed by atoms with Crippen LogP contribution in [0.2, 0.25) is 10.0 Å². The number of aromatic amines is 1. The van der Waals surface area contributed by atoms with E-state index in [1.807, 2.05) is 73.7 Å². The maximum atomic E-state index is 14.6. The fraction of sp³-hybridized carbons (Fsp3) is 0.364. The molecule has 1 aromatic heterocycles. The van der Waals surface area contributed by atoms with Crippen molar-refractivity contribution in [1.82, 2.24) is 25.3 Å². The van der Waals surface area contributed by atoms with Gasteiger partial charge in [-0.1, -0.05) is 53.0 Å². The molecule has 230 valence electrons. The molecule has 3 heterocycles. The molecule has 2 fully saturated rings. The van der Waals surface area contributed by atoms with Gasteiger partial charge in [-0.15, -0.1) is 11.8 Å². The van der Waals surface area contributed by atoms with Crippen molar-refractivity contribution in [1.29, 1.82) is 0 Å². The molecule has 0 radical (unpaired) electrons. The lowest BCUT2D eigenvalue weighted by atomic mass is 9.93. The molecule has 0 unspecified atom stereocenters. The lowest BCUT2D eigenvalue weighted by molar-refractivity contribution is -0.129. The number of likely N-dealkylation sites (tertiary alicyclic amines) is 1. The first-order chi connectivity index (χ1) is 21.3. The van der Waals surface area contributed by atoms with Crippen molar-refractivity contribution in [3.05, 3.63) is 93.6 Å². The maximum Gasteiger partial charge on any atom is 0.239 e. The number of thioether (sulfide) groups is 1. The summed E-state index contributed by atoms with van der Waals surface area (Å²) in [6, 6.07) is 20.4. The summed E-state index contributed by atoms with van der Waals surface area (Å²) in [7, 11) is 0. The van der Waals surface area contributed by atoms with Gasteiger partial charge in [0.2, 0.25) is 11.8 Å². The van der Waals surface area contributed by atoms with Crippen molar-refractivity contribution in [3.63, 3.8) is 0 Å². The van der Waals surface area contributed by atoms with E-state index < -0.39 is 10.8 Å². The molecule has 11 heteroatoms. The van der Waals surface area contributed by atoms with E-state index in [-0.39, 0.29) is 18.2 Å². The van der Waals surface area contributed by atoms with Crippen molar-refractivity contribution in [2.75, 3.05) is 39.4 Å². The molecule has 4 aromatic rings. The van der Waals surface area contributed by atoms with Gasteiger partial charge in [-0.05, 0) is 67.9 Å². The fourth-order valence-corrected chi connectivity index (χ4v) is 7.71. The van der Waals surface area contributed by atoms with Gasteiger partial charge in [0.15, 0.2) is 0 Å². The Morgan fingerprint density at radius 2 is 1.80 bits per heavy atom.